The van der Waals surface area contributed by atoms with Gasteiger partial charge in [0.05, 0.1) is 22.6 Å². The van der Waals surface area contributed by atoms with E-state index in [1.54, 1.807) is 6.92 Å². The summed E-state index contributed by atoms with van der Waals surface area (Å²) in [5.41, 5.74) is 1.87. The molecule has 2 rings (SSSR count). The summed E-state index contributed by atoms with van der Waals surface area (Å²) in [6.45, 7) is 3.68. The second kappa shape index (κ2) is 7.34. The fraction of sp³-hybridized carbons (Fsp3) is 0.235. The lowest BCUT2D eigenvalue weighted by molar-refractivity contribution is 0.0600. The predicted molar refractivity (Wildman–Crippen MR) is 92.7 cm³/mol. The smallest absolute Gasteiger partial charge is 0.339 e. The molecule has 5 nitrogen and oxygen atoms in total. The summed E-state index contributed by atoms with van der Waals surface area (Å²) in [6, 6.07) is 11.0. The Labute approximate surface area is 146 Å². The van der Waals surface area contributed by atoms with Crippen LogP contribution in [0.4, 0.5) is 0 Å². The molecule has 1 N–H and O–H groups in total. The first-order valence-electron chi connectivity index (χ1n) is 7.22. The summed E-state index contributed by atoms with van der Waals surface area (Å²) in [5, 5.41) is 0.132. The zero-order valence-electron chi connectivity index (χ0n) is 13.5. The quantitative estimate of drug-likeness (QED) is 0.821. The van der Waals surface area contributed by atoms with Gasteiger partial charge < -0.3 is 4.74 Å². The first kappa shape index (κ1) is 18.4. The summed E-state index contributed by atoms with van der Waals surface area (Å²) >= 11 is 5.93. The number of hydrogen-bond acceptors (Lipinski definition) is 4. The number of sulfonamides is 1. The van der Waals surface area contributed by atoms with E-state index in [9.17, 15) is 13.2 Å². The molecule has 0 amide bonds. The molecule has 24 heavy (non-hydrogen) atoms. The van der Waals surface area contributed by atoms with E-state index in [1.807, 2.05) is 31.2 Å². The lowest BCUT2D eigenvalue weighted by Gasteiger charge is -2.17. The van der Waals surface area contributed by atoms with Gasteiger partial charge in [-0.05, 0) is 43.2 Å². The molecule has 0 aromatic heterocycles. The van der Waals surface area contributed by atoms with Crippen molar-refractivity contribution in [2.24, 2.45) is 0 Å². The van der Waals surface area contributed by atoms with Crippen molar-refractivity contribution < 1.29 is 17.9 Å². The summed E-state index contributed by atoms with van der Waals surface area (Å²) in [5.74, 6) is -0.691. The number of halogens is 1. The maximum absolute atomic E-state index is 12.6. The van der Waals surface area contributed by atoms with E-state index in [0.717, 1.165) is 11.1 Å². The maximum atomic E-state index is 12.6. The number of carbonyl (C=O) groups excluding carboxylic acids is 1. The van der Waals surface area contributed by atoms with Crippen LogP contribution in [-0.4, -0.2) is 21.5 Å². The fourth-order valence-electron chi connectivity index (χ4n) is 2.37. The Kier molecular flexibility index (Phi) is 5.64. The lowest BCUT2D eigenvalue weighted by Crippen LogP contribution is -2.27. The average molecular weight is 368 g/mol. The van der Waals surface area contributed by atoms with Crippen LogP contribution < -0.4 is 4.72 Å². The monoisotopic (exact) mass is 367 g/mol. The van der Waals surface area contributed by atoms with Crippen molar-refractivity contribution >= 4 is 27.6 Å². The highest BCUT2D eigenvalue weighted by molar-refractivity contribution is 7.89. The first-order chi connectivity index (χ1) is 11.3. The molecule has 2 aromatic carbocycles. The van der Waals surface area contributed by atoms with Crippen molar-refractivity contribution in [2.45, 2.75) is 24.8 Å². The number of hydrogen-bond donors (Lipinski definition) is 1. The molecule has 0 unspecified atom stereocenters. The minimum atomic E-state index is -3.82. The Morgan fingerprint density at radius 3 is 2.50 bits per heavy atom. The number of nitrogens with one attached hydrogen (secondary N) is 1. The zero-order chi connectivity index (χ0) is 17.9. The standard InChI is InChI=1S/C17H18ClNO4S/c1-11-6-4-5-7-14(11)12(2)19-24(21,22)13-8-9-16(18)15(10-13)17(20)23-3/h4-10,12,19H,1-3H3/t12-/m1/s1. The Hall–Kier alpha value is -1.89. The van der Waals surface area contributed by atoms with E-state index < -0.39 is 22.0 Å². The Morgan fingerprint density at radius 1 is 1.21 bits per heavy atom. The number of esters is 1. The van der Waals surface area contributed by atoms with Crippen LogP contribution >= 0.6 is 11.6 Å². The van der Waals surface area contributed by atoms with Crippen LogP contribution in [0.2, 0.25) is 5.02 Å². The van der Waals surface area contributed by atoms with Crippen LogP contribution in [-0.2, 0) is 14.8 Å². The fourth-order valence-corrected chi connectivity index (χ4v) is 3.82. The molecule has 0 aliphatic rings. The highest BCUT2D eigenvalue weighted by atomic mass is 35.5. The van der Waals surface area contributed by atoms with Crippen molar-refractivity contribution in [3.8, 4) is 0 Å². The van der Waals surface area contributed by atoms with Gasteiger partial charge in [-0.2, -0.15) is 0 Å². The van der Waals surface area contributed by atoms with E-state index in [1.165, 1.54) is 25.3 Å². The molecule has 0 fully saturated rings. The number of methoxy groups -OCH3 is 1. The zero-order valence-corrected chi connectivity index (χ0v) is 15.1. The maximum Gasteiger partial charge on any atom is 0.339 e. The highest BCUT2D eigenvalue weighted by Crippen LogP contribution is 2.24. The molecule has 0 saturated heterocycles. The third kappa shape index (κ3) is 3.95. The Bertz CT molecular complexity index is 865. The molecule has 0 aliphatic heterocycles. The van der Waals surface area contributed by atoms with Gasteiger partial charge in [-0.1, -0.05) is 35.9 Å². The molecule has 0 aliphatic carbocycles. The molecule has 0 spiro atoms. The summed E-state index contributed by atoms with van der Waals surface area (Å²) < 4.78 is 32.4. The molecule has 128 valence electrons. The van der Waals surface area contributed by atoms with Crippen molar-refractivity contribution in [1.82, 2.24) is 4.72 Å². The number of ether oxygens (including phenoxy) is 1. The highest BCUT2D eigenvalue weighted by Gasteiger charge is 2.22. The van der Waals surface area contributed by atoms with Crippen LogP contribution in [0.5, 0.6) is 0 Å². The van der Waals surface area contributed by atoms with Gasteiger partial charge in [-0.3, -0.25) is 0 Å². The molecular formula is C17H18ClNO4S. The van der Waals surface area contributed by atoms with E-state index in [-0.39, 0.29) is 15.5 Å². The number of carbonyl (C=O) groups is 1. The molecule has 0 saturated carbocycles. The predicted octanol–water partition coefficient (Wildman–Crippen LogP) is 3.47. The van der Waals surface area contributed by atoms with Crippen LogP contribution in [0.1, 0.15) is 34.5 Å². The number of benzene rings is 2. The van der Waals surface area contributed by atoms with Gasteiger partial charge >= 0.3 is 5.97 Å². The molecule has 0 radical (unpaired) electrons. The Morgan fingerprint density at radius 2 is 1.88 bits per heavy atom. The number of rotatable bonds is 5. The molecule has 2 aromatic rings. The minimum absolute atomic E-state index is 0.00517. The third-order valence-electron chi connectivity index (χ3n) is 3.64. The van der Waals surface area contributed by atoms with Gasteiger partial charge in [-0.25, -0.2) is 17.9 Å². The normalized spacial score (nSPS) is 12.7. The van der Waals surface area contributed by atoms with Gasteiger partial charge in [0, 0.05) is 6.04 Å². The van der Waals surface area contributed by atoms with Gasteiger partial charge in [0.1, 0.15) is 0 Å². The topological polar surface area (TPSA) is 72.5 Å². The van der Waals surface area contributed by atoms with Gasteiger partial charge in [0.15, 0.2) is 0 Å². The molecule has 1 atom stereocenters. The molecule has 0 bridgehead atoms. The van der Waals surface area contributed by atoms with Crippen LogP contribution in [0, 0.1) is 6.92 Å². The minimum Gasteiger partial charge on any atom is -0.465 e. The van der Waals surface area contributed by atoms with E-state index in [4.69, 9.17) is 11.6 Å². The SMILES string of the molecule is COC(=O)c1cc(S(=O)(=O)N[C@H](C)c2ccccc2C)ccc1Cl. The second-order valence-electron chi connectivity index (χ2n) is 5.33. The van der Waals surface area contributed by atoms with Gasteiger partial charge in [-0.15, -0.1) is 0 Å². The summed E-state index contributed by atoms with van der Waals surface area (Å²) in [7, 11) is -2.62. The van der Waals surface area contributed by atoms with Crippen LogP contribution in [0.15, 0.2) is 47.4 Å². The van der Waals surface area contributed by atoms with E-state index in [2.05, 4.69) is 9.46 Å². The lowest BCUT2D eigenvalue weighted by atomic mass is 10.0. The van der Waals surface area contributed by atoms with E-state index >= 15 is 0 Å². The first-order valence-corrected chi connectivity index (χ1v) is 9.08. The molecule has 0 heterocycles. The third-order valence-corrected chi connectivity index (χ3v) is 5.51. The number of aryl methyl sites for hydroxylation is 1. The summed E-state index contributed by atoms with van der Waals surface area (Å²) in [4.78, 5) is 11.6. The molecule has 7 heteroatoms. The summed E-state index contributed by atoms with van der Waals surface area (Å²) in [6.07, 6.45) is 0. The van der Waals surface area contributed by atoms with Crippen LogP contribution in [0.3, 0.4) is 0 Å². The van der Waals surface area contributed by atoms with Gasteiger partial charge in [0.2, 0.25) is 10.0 Å². The van der Waals surface area contributed by atoms with Crippen LogP contribution in [0.25, 0.3) is 0 Å². The van der Waals surface area contributed by atoms with E-state index in [0.29, 0.717) is 0 Å². The van der Waals surface area contributed by atoms with Gasteiger partial charge in [0.25, 0.3) is 0 Å². The van der Waals surface area contributed by atoms with Crippen molar-refractivity contribution in [2.75, 3.05) is 7.11 Å². The molecular weight excluding hydrogens is 350 g/mol. The van der Waals surface area contributed by atoms with Crippen molar-refractivity contribution in [3.05, 3.63) is 64.2 Å². The Balaban J connectivity index is 2.34. The van der Waals surface area contributed by atoms with Crippen molar-refractivity contribution in [1.29, 1.82) is 0 Å². The average Bonchev–Trinajstić information content (AvgIpc) is 2.54. The largest absolute Gasteiger partial charge is 0.465 e. The van der Waals surface area contributed by atoms with Crippen molar-refractivity contribution in [3.63, 3.8) is 0 Å². The second-order valence-corrected chi connectivity index (χ2v) is 7.45.